The Morgan fingerprint density at radius 2 is 2.12 bits per heavy atom. The van der Waals surface area contributed by atoms with Crippen LogP contribution < -0.4 is 5.32 Å². The molecule has 0 fully saturated rings. The number of carbonyl (C=O) groups excluding carboxylic acids is 1. The fraction of sp³-hybridized carbons (Fsp3) is 0.300. The zero-order chi connectivity index (χ0) is 12.8. The van der Waals surface area contributed by atoms with Crippen LogP contribution in [0.2, 0.25) is 10.0 Å². The lowest BCUT2D eigenvalue weighted by atomic mass is 10.3. The quantitative estimate of drug-likeness (QED) is 0.868. The lowest BCUT2D eigenvalue weighted by molar-refractivity contribution is -0.113. The first-order valence-corrected chi connectivity index (χ1v) is 6.98. The molecule has 94 valence electrons. The minimum Gasteiger partial charge on any atom is -0.395 e. The van der Waals surface area contributed by atoms with Crippen molar-refractivity contribution >= 4 is 45.6 Å². The van der Waals surface area contributed by atoms with E-state index in [4.69, 9.17) is 28.3 Å². The molecule has 0 saturated heterocycles. The number of aliphatic hydroxyl groups is 1. The minimum absolute atomic E-state index is 0.0851. The third-order valence-electron chi connectivity index (χ3n) is 1.82. The third-order valence-corrected chi connectivity index (χ3v) is 3.59. The number of anilines is 1. The van der Waals surface area contributed by atoms with Crippen LogP contribution in [0.15, 0.2) is 18.2 Å². The second kappa shape index (κ2) is 6.96. The Morgan fingerprint density at radius 1 is 1.41 bits per heavy atom. The second-order valence-electron chi connectivity index (χ2n) is 3.18. The van der Waals surface area contributed by atoms with Crippen LogP contribution in [-0.4, -0.2) is 33.3 Å². The van der Waals surface area contributed by atoms with Gasteiger partial charge in [-0.15, -0.1) is 0 Å². The Morgan fingerprint density at radius 3 is 2.71 bits per heavy atom. The lowest BCUT2D eigenvalue weighted by Gasteiger charge is -2.07. The molecule has 0 spiro atoms. The molecule has 1 aromatic carbocycles. The van der Waals surface area contributed by atoms with Gasteiger partial charge in [-0.2, -0.15) is 0 Å². The van der Waals surface area contributed by atoms with Crippen molar-refractivity contribution in [3.05, 3.63) is 28.2 Å². The van der Waals surface area contributed by atoms with Gasteiger partial charge in [-0.05, 0) is 18.2 Å². The highest BCUT2D eigenvalue weighted by atomic mass is 35.5. The van der Waals surface area contributed by atoms with E-state index in [0.29, 0.717) is 15.7 Å². The maximum atomic E-state index is 11.5. The summed E-state index contributed by atoms with van der Waals surface area (Å²) in [7, 11) is -1.37. The van der Waals surface area contributed by atoms with Gasteiger partial charge in [0.15, 0.2) is 0 Å². The highest BCUT2D eigenvalue weighted by Gasteiger charge is 2.09. The number of amides is 1. The minimum atomic E-state index is -1.37. The van der Waals surface area contributed by atoms with Crippen molar-refractivity contribution in [2.75, 3.05) is 23.4 Å². The SMILES string of the molecule is O=C(CS(=O)CCO)Nc1ccc(Cl)cc1Cl. The van der Waals surface area contributed by atoms with Crippen molar-refractivity contribution in [1.82, 2.24) is 0 Å². The molecule has 0 aromatic heterocycles. The number of rotatable bonds is 5. The van der Waals surface area contributed by atoms with Crippen LogP contribution in [0.25, 0.3) is 0 Å². The van der Waals surface area contributed by atoms with Crippen molar-refractivity contribution < 1.29 is 14.1 Å². The van der Waals surface area contributed by atoms with E-state index in [-0.39, 0.29) is 18.1 Å². The Bertz CT molecular complexity index is 440. The Labute approximate surface area is 111 Å². The first-order chi connectivity index (χ1) is 8.02. The molecule has 0 aliphatic heterocycles. The van der Waals surface area contributed by atoms with Crippen LogP contribution in [-0.2, 0) is 15.6 Å². The summed E-state index contributed by atoms with van der Waals surface area (Å²) in [5.74, 6) is -0.498. The first kappa shape index (κ1) is 14.4. The fourth-order valence-electron chi connectivity index (χ4n) is 1.10. The number of hydrogen-bond donors (Lipinski definition) is 2. The van der Waals surface area contributed by atoms with E-state index >= 15 is 0 Å². The number of aliphatic hydroxyl groups excluding tert-OH is 1. The van der Waals surface area contributed by atoms with E-state index in [1.165, 1.54) is 6.07 Å². The predicted octanol–water partition coefficient (Wildman–Crippen LogP) is 1.67. The van der Waals surface area contributed by atoms with Gasteiger partial charge < -0.3 is 10.4 Å². The zero-order valence-corrected chi connectivity index (χ0v) is 11.1. The molecular formula is C10H11Cl2NO3S. The van der Waals surface area contributed by atoms with Gasteiger partial charge in [0, 0.05) is 21.6 Å². The standard InChI is InChI=1S/C10H11Cl2NO3S/c11-7-1-2-9(8(12)5-7)13-10(15)6-17(16)4-3-14/h1-2,5,14H,3-4,6H2,(H,13,15). The Hall–Kier alpha value is -0.620. The van der Waals surface area contributed by atoms with Crippen LogP contribution in [0.3, 0.4) is 0 Å². The van der Waals surface area contributed by atoms with Crippen molar-refractivity contribution in [3.8, 4) is 0 Å². The summed E-state index contributed by atoms with van der Waals surface area (Å²) < 4.78 is 11.2. The molecule has 7 heteroatoms. The highest BCUT2D eigenvalue weighted by molar-refractivity contribution is 7.85. The highest BCUT2D eigenvalue weighted by Crippen LogP contribution is 2.25. The Balaban J connectivity index is 2.59. The third kappa shape index (κ3) is 5.04. The zero-order valence-electron chi connectivity index (χ0n) is 8.78. The van der Waals surface area contributed by atoms with Gasteiger partial charge in [-0.25, -0.2) is 0 Å². The molecule has 1 amide bonds. The number of hydrogen-bond acceptors (Lipinski definition) is 3. The van der Waals surface area contributed by atoms with Crippen LogP contribution in [0.1, 0.15) is 0 Å². The van der Waals surface area contributed by atoms with Gasteiger partial charge >= 0.3 is 0 Å². The summed E-state index contributed by atoms with van der Waals surface area (Å²) in [6.07, 6.45) is 0. The van der Waals surface area contributed by atoms with E-state index < -0.39 is 16.7 Å². The molecule has 0 bridgehead atoms. The van der Waals surface area contributed by atoms with E-state index in [1.807, 2.05) is 0 Å². The van der Waals surface area contributed by atoms with Gasteiger partial charge in [0.2, 0.25) is 5.91 Å². The van der Waals surface area contributed by atoms with Crippen molar-refractivity contribution in [2.24, 2.45) is 0 Å². The van der Waals surface area contributed by atoms with Crippen LogP contribution in [0, 0.1) is 0 Å². The molecule has 0 aliphatic rings. The summed E-state index contributed by atoms with van der Waals surface area (Å²) in [6, 6.07) is 4.66. The normalized spacial score (nSPS) is 12.2. The molecule has 0 aliphatic carbocycles. The molecule has 0 radical (unpaired) electrons. The van der Waals surface area contributed by atoms with Crippen LogP contribution >= 0.6 is 23.2 Å². The summed E-state index contributed by atoms with van der Waals surface area (Å²) in [6.45, 7) is -0.207. The van der Waals surface area contributed by atoms with E-state index in [9.17, 15) is 9.00 Å². The summed E-state index contributed by atoms with van der Waals surface area (Å²) in [5.41, 5.74) is 0.419. The van der Waals surface area contributed by atoms with Gasteiger partial charge in [0.25, 0.3) is 0 Å². The summed E-state index contributed by atoms with van der Waals surface area (Å²) >= 11 is 11.6. The van der Waals surface area contributed by atoms with Crippen LogP contribution in [0.5, 0.6) is 0 Å². The molecular weight excluding hydrogens is 285 g/mol. The molecule has 1 unspecified atom stereocenters. The Kier molecular flexibility index (Phi) is 5.91. The van der Waals surface area contributed by atoms with Crippen LogP contribution in [0.4, 0.5) is 5.69 Å². The number of nitrogens with one attached hydrogen (secondary N) is 1. The maximum Gasteiger partial charge on any atom is 0.237 e. The average molecular weight is 296 g/mol. The number of benzene rings is 1. The first-order valence-electron chi connectivity index (χ1n) is 4.73. The number of halogens is 2. The van der Waals surface area contributed by atoms with E-state index in [2.05, 4.69) is 5.32 Å². The monoisotopic (exact) mass is 295 g/mol. The molecule has 4 nitrogen and oxygen atoms in total. The molecule has 1 rings (SSSR count). The van der Waals surface area contributed by atoms with E-state index in [0.717, 1.165) is 0 Å². The second-order valence-corrected chi connectivity index (χ2v) is 5.60. The topological polar surface area (TPSA) is 66.4 Å². The number of carbonyl (C=O) groups is 1. The van der Waals surface area contributed by atoms with Gasteiger partial charge in [-0.3, -0.25) is 9.00 Å². The lowest BCUT2D eigenvalue weighted by Crippen LogP contribution is -2.21. The van der Waals surface area contributed by atoms with Crippen molar-refractivity contribution in [1.29, 1.82) is 0 Å². The predicted molar refractivity (Wildman–Crippen MR) is 70.1 cm³/mol. The van der Waals surface area contributed by atoms with E-state index in [1.54, 1.807) is 12.1 Å². The van der Waals surface area contributed by atoms with Gasteiger partial charge in [-0.1, -0.05) is 23.2 Å². The smallest absolute Gasteiger partial charge is 0.237 e. The van der Waals surface area contributed by atoms with Crippen molar-refractivity contribution in [2.45, 2.75) is 0 Å². The van der Waals surface area contributed by atoms with Gasteiger partial charge in [0.1, 0.15) is 5.75 Å². The molecule has 1 atom stereocenters. The molecule has 17 heavy (non-hydrogen) atoms. The van der Waals surface area contributed by atoms with Crippen molar-refractivity contribution in [3.63, 3.8) is 0 Å². The summed E-state index contributed by atoms with van der Waals surface area (Å²) in [5, 5.41) is 11.9. The summed E-state index contributed by atoms with van der Waals surface area (Å²) in [4.78, 5) is 11.5. The molecule has 2 N–H and O–H groups in total. The molecule has 0 heterocycles. The average Bonchev–Trinajstić information content (AvgIpc) is 2.22. The van der Waals surface area contributed by atoms with Gasteiger partial charge in [0.05, 0.1) is 17.3 Å². The maximum absolute atomic E-state index is 11.5. The molecule has 1 aromatic rings. The largest absolute Gasteiger partial charge is 0.395 e. The molecule has 0 saturated carbocycles. The fourth-order valence-corrected chi connectivity index (χ4v) is 2.27.